The maximum Gasteiger partial charge on any atom is 0.416 e. The molecule has 1 amide bonds. The smallest absolute Gasteiger partial charge is 0.339 e. The Balaban J connectivity index is 1.51. The van der Waals surface area contributed by atoms with Crippen LogP contribution in [0.5, 0.6) is 0 Å². The molecule has 0 saturated carbocycles. The number of carbonyl (C=O) groups excluding carboxylic acids is 1. The van der Waals surface area contributed by atoms with Crippen LogP contribution in [0.15, 0.2) is 53.1 Å². The highest BCUT2D eigenvalue weighted by Gasteiger charge is 2.37. The van der Waals surface area contributed by atoms with Crippen molar-refractivity contribution >= 4 is 17.5 Å². The van der Waals surface area contributed by atoms with Gasteiger partial charge in [-0.05, 0) is 23.8 Å². The van der Waals surface area contributed by atoms with Gasteiger partial charge in [0.25, 0.3) is 0 Å². The molecule has 1 aliphatic heterocycles. The summed E-state index contributed by atoms with van der Waals surface area (Å²) in [6, 6.07) is 12.2. The van der Waals surface area contributed by atoms with E-state index < -0.39 is 11.7 Å². The summed E-state index contributed by atoms with van der Waals surface area (Å²) in [4.78, 5) is 18.1. The quantitative estimate of drug-likeness (QED) is 0.599. The van der Waals surface area contributed by atoms with E-state index in [0.717, 1.165) is 6.07 Å². The standard InChI is InChI=1S/C20H15ClF3N3O2/c21-15-6-3-5-12(8-15)18-25-19(29-26-18)14-9-17(28)27(11-14)10-13-4-1-2-7-16(13)20(22,23)24/h1-8,14H,9-11H2. The average Bonchev–Trinajstić information content (AvgIpc) is 3.29. The molecule has 29 heavy (non-hydrogen) atoms. The fraction of sp³-hybridized carbons (Fsp3) is 0.250. The molecule has 9 heteroatoms. The van der Waals surface area contributed by atoms with Crippen molar-refractivity contribution in [1.29, 1.82) is 0 Å². The summed E-state index contributed by atoms with van der Waals surface area (Å²) in [5, 5.41) is 4.46. The summed E-state index contributed by atoms with van der Waals surface area (Å²) in [5.74, 6) is -0.00813. The number of nitrogens with zero attached hydrogens (tertiary/aromatic N) is 3. The lowest BCUT2D eigenvalue weighted by atomic mass is 10.1. The minimum Gasteiger partial charge on any atom is -0.339 e. The molecule has 5 nitrogen and oxygen atoms in total. The SMILES string of the molecule is O=C1CC(c2nc(-c3cccc(Cl)c3)no2)CN1Cc1ccccc1C(F)(F)F. The Kier molecular flexibility index (Phi) is 5.04. The van der Waals surface area contributed by atoms with E-state index in [0.29, 0.717) is 16.4 Å². The van der Waals surface area contributed by atoms with Crippen molar-refractivity contribution in [3.05, 3.63) is 70.6 Å². The molecule has 150 valence electrons. The molecule has 1 saturated heterocycles. The zero-order valence-electron chi connectivity index (χ0n) is 15.0. The maximum atomic E-state index is 13.2. The van der Waals surface area contributed by atoms with Crippen molar-refractivity contribution in [3.8, 4) is 11.4 Å². The Morgan fingerprint density at radius 1 is 1.17 bits per heavy atom. The van der Waals surface area contributed by atoms with Gasteiger partial charge in [0, 0.05) is 30.1 Å². The number of rotatable bonds is 4. The van der Waals surface area contributed by atoms with Crippen molar-refractivity contribution in [1.82, 2.24) is 15.0 Å². The van der Waals surface area contributed by atoms with Crippen molar-refractivity contribution in [2.75, 3.05) is 6.54 Å². The summed E-state index contributed by atoms with van der Waals surface area (Å²) in [6.45, 7) is 0.0858. The van der Waals surface area contributed by atoms with Crippen molar-refractivity contribution < 1.29 is 22.5 Å². The molecule has 1 aromatic heterocycles. The number of likely N-dealkylation sites (tertiary alicyclic amines) is 1. The largest absolute Gasteiger partial charge is 0.416 e. The molecule has 1 aliphatic rings. The van der Waals surface area contributed by atoms with Gasteiger partial charge >= 0.3 is 6.18 Å². The number of alkyl halides is 3. The van der Waals surface area contributed by atoms with E-state index in [1.54, 1.807) is 24.3 Å². The van der Waals surface area contributed by atoms with Gasteiger partial charge in [-0.25, -0.2) is 0 Å². The first kappa shape index (κ1) is 19.4. The van der Waals surface area contributed by atoms with Gasteiger partial charge in [-0.1, -0.05) is 47.1 Å². The Morgan fingerprint density at radius 3 is 2.72 bits per heavy atom. The van der Waals surface area contributed by atoms with Crippen LogP contribution in [0.1, 0.15) is 29.4 Å². The summed E-state index contributed by atoms with van der Waals surface area (Å²) in [7, 11) is 0. The maximum absolute atomic E-state index is 13.2. The molecule has 0 bridgehead atoms. The molecule has 4 rings (SSSR count). The second-order valence-electron chi connectivity index (χ2n) is 6.80. The fourth-order valence-corrected chi connectivity index (χ4v) is 3.57. The number of hydrogen-bond acceptors (Lipinski definition) is 4. The van der Waals surface area contributed by atoms with Gasteiger partial charge in [-0.15, -0.1) is 0 Å². The predicted octanol–water partition coefficient (Wildman–Crippen LogP) is 4.92. The van der Waals surface area contributed by atoms with Crippen molar-refractivity contribution in [3.63, 3.8) is 0 Å². The molecule has 3 aromatic rings. The second kappa shape index (κ2) is 7.51. The normalized spacial score (nSPS) is 17.2. The fourth-order valence-electron chi connectivity index (χ4n) is 3.38. The van der Waals surface area contributed by atoms with Crippen LogP contribution in [0.4, 0.5) is 13.2 Å². The predicted molar refractivity (Wildman–Crippen MR) is 99.0 cm³/mol. The zero-order chi connectivity index (χ0) is 20.6. The highest BCUT2D eigenvalue weighted by molar-refractivity contribution is 6.30. The van der Waals surface area contributed by atoms with Crippen LogP contribution >= 0.6 is 11.6 Å². The van der Waals surface area contributed by atoms with E-state index in [2.05, 4.69) is 10.1 Å². The number of amides is 1. The molecular formula is C20H15ClF3N3O2. The number of aromatic nitrogens is 2. The molecule has 1 atom stereocenters. The lowest BCUT2D eigenvalue weighted by Gasteiger charge is -2.19. The Hall–Kier alpha value is -2.87. The molecular weight excluding hydrogens is 407 g/mol. The van der Waals surface area contributed by atoms with Crippen LogP contribution in [-0.4, -0.2) is 27.5 Å². The summed E-state index contributed by atoms with van der Waals surface area (Å²) in [5.41, 5.74) is -0.00999. The monoisotopic (exact) mass is 421 g/mol. The first-order chi connectivity index (χ1) is 13.8. The van der Waals surface area contributed by atoms with Gasteiger partial charge < -0.3 is 9.42 Å². The van der Waals surface area contributed by atoms with Gasteiger partial charge in [0.15, 0.2) is 0 Å². The molecule has 2 aromatic carbocycles. The lowest BCUT2D eigenvalue weighted by Crippen LogP contribution is -2.26. The van der Waals surface area contributed by atoms with Crippen LogP contribution in [0.2, 0.25) is 5.02 Å². The number of hydrogen-bond donors (Lipinski definition) is 0. The zero-order valence-corrected chi connectivity index (χ0v) is 15.7. The lowest BCUT2D eigenvalue weighted by molar-refractivity contribution is -0.139. The highest BCUT2D eigenvalue weighted by atomic mass is 35.5. The van der Waals surface area contributed by atoms with Crippen molar-refractivity contribution in [2.24, 2.45) is 0 Å². The van der Waals surface area contributed by atoms with Crippen LogP contribution in [0.25, 0.3) is 11.4 Å². The number of benzene rings is 2. The van der Waals surface area contributed by atoms with Gasteiger partial charge in [0.05, 0.1) is 11.5 Å². The van der Waals surface area contributed by atoms with Crippen molar-refractivity contribution in [2.45, 2.75) is 25.1 Å². The van der Waals surface area contributed by atoms with Gasteiger partial charge in [0.2, 0.25) is 17.6 Å². The van der Waals surface area contributed by atoms with Gasteiger partial charge in [-0.3, -0.25) is 4.79 Å². The number of carbonyl (C=O) groups is 1. The Bertz CT molecular complexity index is 1050. The molecule has 0 radical (unpaired) electrons. The van der Waals surface area contributed by atoms with E-state index >= 15 is 0 Å². The molecule has 0 spiro atoms. The molecule has 2 heterocycles. The van der Waals surface area contributed by atoms with Crippen LogP contribution in [0, 0.1) is 0 Å². The van der Waals surface area contributed by atoms with E-state index in [-0.39, 0.29) is 42.8 Å². The second-order valence-corrected chi connectivity index (χ2v) is 7.23. The van der Waals surface area contributed by atoms with E-state index in [1.165, 1.54) is 23.1 Å². The van der Waals surface area contributed by atoms with E-state index in [9.17, 15) is 18.0 Å². The summed E-state index contributed by atoms with van der Waals surface area (Å²) < 4.78 is 44.9. The summed E-state index contributed by atoms with van der Waals surface area (Å²) in [6.07, 6.45) is -4.37. The Morgan fingerprint density at radius 2 is 1.97 bits per heavy atom. The third-order valence-electron chi connectivity index (χ3n) is 4.77. The first-order valence-electron chi connectivity index (χ1n) is 8.83. The minimum atomic E-state index is -4.48. The third-order valence-corrected chi connectivity index (χ3v) is 5.01. The minimum absolute atomic E-state index is 0.0548. The number of halogens is 4. The summed E-state index contributed by atoms with van der Waals surface area (Å²) >= 11 is 5.97. The average molecular weight is 422 g/mol. The van der Waals surface area contributed by atoms with Gasteiger partial charge in [-0.2, -0.15) is 18.2 Å². The molecule has 1 unspecified atom stereocenters. The van der Waals surface area contributed by atoms with Crippen LogP contribution in [-0.2, 0) is 17.5 Å². The molecule has 0 aliphatic carbocycles. The van der Waals surface area contributed by atoms with Crippen LogP contribution < -0.4 is 0 Å². The first-order valence-corrected chi connectivity index (χ1v) is 9.21. The molecule has 1 fully saturated rings. The third kappa shape index (κ3) is 4.12. The highest BCUT2D eigenvalue weighted by Crippen LogP contribution is 2.34. The van der Waals surface area contributed by atoms with E-state index in [4.69, 9.17) is 16.1 Å². The topological polar surface area (TPSA) is 59.2 Å². The van der Waals surface area contributed by atoms with Crippen LogP contribution in [0.3, 0.4) is 0 Å². The van der Waals surface area contributed by atoms with E-state index in [1.807, 2.05) is 0 Å². The Labute approximate surface area is 169 Å². The van der Waals surface area contributed by atoms with Gasteiger partial charge in [0.1, 0.15) is 0 Å². The molecule has 0 N–H and O–H groups in total.